The zero-order chi connectivity index (χ0) is 66.9. The summed E-state index contributed by atoms with van der Waals surface area (Å²) in [6, 6.07) is 0. The fourth-order valence-electron chi connectivity index (χ4n) is 10.2. The van der Waals surface area contributed by atoms with Gasteiger partial charge in [0.1, 0.15) is 19.8 Å². The summed E-state index contributed by atoms with van der Waals surface area (Å²) >= 11 is 0. The Bertz CT molecular complexity index is 2070. The van der Waals surface area contributed by atoms with Crippen LogP contribution in [0, 0.1) is 0 Å². The Kier molecular flexibility index (Phi) is 68.0. The van der Waals surface area contributed by atoms with Crippen molar-refractivity contribution in [3.63, 3.8) is 0 Å². The molecule has 0 aromatic rings. The van der Waals surface area contributed by atoms with Gasteiger partial charge in [-0.3, -0.25) is 14.2 Å². The zero-order valence-electron chi connectivity index (χ0n) is 59.9. The lowest BCUT2D eigenvalue weighted by atomic mass is 10.0. The molecule has 0 heterocycles. The van der Waals surface area contributed by atoms with Gasteiger partial charge in [0.2, 0.25) is 0 Å². The number of carbonyl (C=O) groups is 2. The molecule has 2 atom stereocenters. The van der Waals surface area contributed by atoms with Crippen LogP contribution in [-0.4, -0.2) is 70.0 Å². The molecule has 10 heteroatoms. The van der Waals surface area contributed by atoms with Crippen molar-refractivity contribution < 1.29 is 42.1 Å². The van der Waals surface area contributed by atoms with Gasteiger partial charge in [0.05, 0.1) is 27.7 Å². The number of hydrogen-bond donors (Lipinski definition) is 0. The van der Waals surface area contributed by atoms with E-state index in [4.69, 9.17) is 18.5 Å². The van der Waals surface area contributed by atoms with Gasteiger partial charge in [0, 0.05) is 12.8 Å². The predicted molar refractivity (Wildman–Crippen MR) is 397 cm³/mol. The molecule has 92 heavy (non-hydrogen) atoms. The van der Waals surface area contributed by atoms with Gasteiger partial charge in [-0.25, -0.2) is 0 Å². The molecule has 0 aromatic carbocycles. The van der Waals surface area contributed by atoms with E-state index in [2.05, 4.69) is 160 Å². The van der Waals surface area contributed by atoms with Gasteiger partial charge in [0.15, 0.2) is 6.10 Å². The van der Waals surface area contributed by atoms with E-state index in [1.807, 2.05) is 21.1 Å². The normalized spacial score (nSPS) is 13.9. The highest BCUT2D eigenvalue weighted by Crippen LogP contribution is 2.38. The van der Waals surface area contributed by atoms with Crippen LogP contribution in [0.5, 0.6) is 0 Å². The summed E-state index contributed by atoms with van der Waals surface area (Å²) in [6.07, 6.45) is 105. The minimum Gasteiger partial charge on any atom is -0.756 e. The highest BCUT2D eigenvalue weighted by atomic mass is 31.2. The average Bonchev–Trinajstić information content (AvgIpc) is 2.34. The largest absolute Gasteiger partial charge is 0.756 e. The Morgan fingerprint density at radius 1 is 0.337 bits per heavy atom. The van der Waals surface area contributed by atoms with Gasteiger partial charge in [-0.1, -0.05) is 327 Å². The Morgan fingerprint density at radius 3 is 0.870 bits per heavy atom. The Balaban J connectivity index is 4.04. The molecular weight excluding hydrogens is 1160 g/mol. The first kappa shape index (κ1) is 87.9. The number of esters is 2. The van der Waals surface area contributed by atoms with Crippen LogP contribution in [0.2, 0.25) is 0 Å². The number of quaternary nitrogens is 1. The molecule has 0 aliphatic rings. The molecule has 0 N–H and O–H groups in total. The molecule has 0 rings (SSSR count). The van der Waals surface area contributed by atoms with E-state index in [0.717, 1.165) is 116 Å². The van der Waals surface area contributed by atoms with Crippen LogP contribution in [0.15, 0.2) is 146 Å². The molecule has 0 aliphatic heterocycles. The summed E-state index contributed by atoms with van der Waals surface area (Å²) in [5.74, 6) is -0.832. The smallest absolute Gasteiger partial charge is 0.306 e. The second-order valence-corrected chi connectivity index (χ2v) is 27.3. The van der Waals surface area contributed by atoms with Crippen LogP contribution in [0.25, 0.3) is 0 Å². The Morgan fingerprint density at radius 2 is 0.587 bits per heavy atom. The van der Waals surface area contributed by atoms with E-state index >= 15 is 0 Å². The summed E-state index contributed by atoms with van der Waals surface area (Å²) in [7, 11) is 1.16. The monoisotopic (exact) mass is 1300 g/mol. The summed E-state index contributed by atoms with van der Waals surface area (Å²) in [5.41, 5.74) is 0. The maximum Gasteiger partial charge on any atom is 0.306 e. The first-order chi connectivity index (χ1) is 45.0. The van der Waals surface area contributed by atoms with E-state index < -0.39 is 26.5 Å². The molecule has 0 spiro atoms. The maximum absolute atomic E-state index is 12.9. The molecule has 9 nitrogen and oxygen atoms in total. The lowest BCUT2D eigenvalue weighted by Gasteiger charge is -2.28. The molecule has 0 bridgehead atoms. The van der Waals surface area contributed by atoms with Crippen molar-refractivity contribution in [2.24, 2.45) is 0 Å². The van der Waals surface area contributed by atoms with Crippen LogP contribution in [0.1, 0.15) is 309 Å². The highest BCUT2D eigenvalue weighted by Gasteiger charge is 2.22. The van der Waals surface area contributed by atoms with E-state index in [1.54, 1.807) is 0 Å². The third-order valence-corrected chi connectivity index (χ3v) is 16.8. The second-order valence-electron chi connectivity index (χ2n) is 25.9. The molecular formula is C82H140NO8P. The van der Waals surface area contributed by atoms with E-state index in [0.29, 0.717) is 17.4 Å². The van der Waals surface area contributed by atoms with Crippen LogP contribution in [-0.2, 0) is 32.7 Å². The number of unbranched alkanes of at least 4 members (excludes halogenated alkanes) is 30. The molecule has 0 aliphatic carbocycles. The average molecular weight is 1300 g/mol. The quantitative estimate of drug-likeness (QED) is 0.0195. The van der Waals surface area contributed by atoms with Crippen LogP contribution in [0.4, 0.5) is 0 Å². The standard InChI is InChI=1S/C82H140NO8P/c1-6-8-10-12-14-16-18-20-22-24-26-28-30-32-34-36-38-39-40-41-42-43-45-47-49-51-53-55-57-59-61-63-65-67-69-71-73-75-82(85)91-80(79-90-92(86,87)89-77-76-83(3,4)5)78-88-81(84)74-72-70-68-66-64-62-60-58-56-54-52-50-48-46-44-37-35-33-31-29-27-25-23-21-19-17-15-13-11-9-7-2/h8-11,14-17,20-23,26-29,32,34,38-39,41-42,45,47,80H,6-7,12-13,18-19,24-25,30-31,33,35-37,40,43-44,46,48-79H2,1-5H3/b10-8-,11-9-,16-14-,17-15-,22-20-,23-21-,28-26-,29-27-,34-32-,39-38-,42-41-,47-45-. The molecule has 0 saturated carbocycles. The SMILES string of the molecule is CC/C=C\C/C=C\C/C=C\C/C=C\C/C=C\C/C=C\C/C=C\C/C=C\CCCCCCCCCCCCCCC(=O)OC(COC(=O)CCCCCCCCCCCCCCCCCCCC/C=C\C/C=C\C/C=C\C/C=C\CC)COP(=O)([O-])OCC[N+](C)(C)C. The minimum atomic E-state index is -4.65. The van der Waals surface area contributed by atoms with Gasteiger partial charge < -0.3 is 27.9 Å². The molecule has 0 aromatic heterocycles. The van der Waals surface area contributed by atoms with Crippen LogP contribution >= 0.6 is 7.82 Å². The summed E-state index contributed by atoms with van der Waals surface area (Å²) in [4.78, 5) is 38.1. The molecule has 0 saturated heterocycles. The van der Waals surface area contributed by atoms with Crippen molar-refractivity contribution in [2.45, 2.75) is 315 Å². The fraction of sp³-hybridized carbons (Fsp3) is 0.683. The third-order valence-electron chi connectivity index (χ3n) is 15.9. The molecule has 2 unspecified atom stereocenters. The van der Waals surface area contributed by atoms with Gasteiger partial charge in [-0.15, -0.1) is 0 Å². The van der Waals surface area contributed by atoms with Gasteiger partial charge >= 0.3 is 11.9 Å². The predicted octanol–water partition coefficient (Wildman–Crippen LogP) is 24.3. The lowest BCUT2D eigenvalue weighted by Crippen LogP contribution is -2.37. The van der Waals surface area contributed by atoms with E-state index in [1.165, 1.54) is 161 Å². The third kappa shape index (κ3) is 74.9. The number of rotatable bonds is 68. The van der Waals surface area contributed by atoms with E-state index in [-0.39, 0.29) is 32.0 Å². The number of allylic oxidation sites excluding steroid dienone is 24. The van der Waals surface area contributed by atoms with Gasteiger partial charge in [-0.2, -0.15) is 0 Å². The summed E-state index contributed by atoms with van der Waals surface area (Å²) < 4.78 is 34.4. The van der Waals surface area contributed by atoms with Crippen molar-refractivity contribution in [1.29, 1.82) is 0 Å². The van der Waals surface area contributed by atoms with E-state index in [9.17, 15) is 19.0 Å². The molecule has 0 amide bonds. The van der Waals surface area contributed by atoms with Crippen molar-refractivity contribution in [3.8, 4) is 0 Å². The van der Waals surface area contributed by atoms with Gasteiger partial charge in [-0.05, 0) is 116 Å². The Labute approximate surface area is 567 Å². The van der Waals surface area contributed by atoms with Gasteiger partial charge in [0.25, 0.3) is 7.82 Å². The van der Waals surface area contributed by atoms with Crippen molar-refractivity contribution in [3.05, 3.63) is 146 Å². The fourth-order valence-corrected chi connectivity index (χ4v) is 10.9. The number of nitrogens with zero attached hydrogens (tertiary/aromatic N) is 1. The Hall–Kier alpha value is -4.11. The van der Waals surface area contributed by atoms with Crippen molar-refractivity contribution >= 4 is 19.8 Å². The molecule has 0 radical (unpaired) electrons. The first-order valence-electron chi connectivity index (χ1n) is 37.5. The van der Waals surface area contributed by atoms with Crippen LogP contribution < -0.4 is 4.89 Å². The topological polar surface area (TPSA) is 111 Å². The highest BCUT2D eigenvalue weighted by molar-refractivity contribution is 7.45. The molecule has 0 fully saturated rings. The summed E-state index contributed by atoms with van der Waals surface area (Å²) in [5, 5.41) is 0. The lowest BCUT2D eigenvalue weighted by molar-refractivity contribution is -0.870. The number of carbonyl (C=O) groups excluding carboxylic acids is 2. The van der Waals surface area contributed by atoms with Crippen molar-refractivity contribution in [2.75, 3.05) is 47.5 Å². The van der Waals surface area contributed by atoms with Crippen molar-refractivity contribution in [1.82, 2.24) is 0 Å². The zero-order valence-corrected chi connectivity index (χ0v) is 60.8. The number of ether oxygens (including phenoxy) is 2. The number of phosphoric ester groups is 1. The molecule has 526 valence electrons. The maximum atomic E-state index is 12.9. The number of hydrogen-bond acceptors (Lipinski definition) is 8. The number of likely N-dealkylation sites (N-methyl/N-ethyl adjacent to an activating group) is 1. The van der Waals surface area contributed by atoms with Crippen LogP contribution in [0.3, 0.4) is 0 Å². The first-order valence-corrected chi connectivity index (χ1v) is 39.0. The second kappa shape index (κ2) is 71.2. The minimum absolute atomic E-state index is 0.0359. The number of phosphoric acid groups is 1. The summed E-state index contributed by atoms with van der Waals surface area (Å²) in [6.45, 7) is 4.03.